The fourth-order valence-electron chi connectivity index (χ4n) is 1.94. The third kappa shape index (κ3) is 4.49. The molecule has 0 aliphatic rings. The number of anilines is 2. The van der Waals surface area contributed by atoms with Gasteiger partial charge in [-0.25, -0.2) is 4.98 Å². The number of nitrogens with one attached hydrogen (secondary N) is 2. The lowest BCUT2D eigenvalue weighted by atomic mass is 10.2. The molecular formula is C14H19N5OS. The van der Waals surface area contributed by atoms with Crippen LogP contribution >= 0.6 is 11.8 Å². The molecule has 2 N–H and O–H groups in total. The summed E-state index contributed by atoms with van der Waals surface area (Å²) in [7, 11) is 0. The van der Waals surface area contributed by atoms with Gasteiger partial charge in [0.15, 0.2) is 5.16 Å². The minimum Gasteiger partial charge on any atom is -0.372 e. The topological polar surface area (TPSA) is 73.9 Å². The van der Waals surface area contributed by atoms with E-state index in [0.717, 1.165) is 24.5 Å². The van der Waals surface area contributed by atoms with E-state index in [0.29, 0.717) is 10.9 Å². The first-order valence-corrected chi connectivity index (χ1v) is 7.84. The van der Waals surface area contributed by atoms with Crippen molar-refractivity contribution in [2.45, 2.75) is 19.0 Å². The van der Waals surface area contributed by atoms with Crippen LogP contribution in [0, 0.1) is 0 Å². The molecule has 0 spiro atoms. The fourth-order valence-corrected chi connectivity index (χ4v) is 2.52. The van der Waals surface area contributed by atoms with Crippen molar-refractivity contribution in [2.24, 2.45) is 0 Å². The van der Waals surface area contributed by atoms with Crippen LogP contribution < -0.4 is 10.2 Å². The number of benzene rings is 1. The molecule has 2 rings (SSSR count). The van der Waals surface area contributed by atoms with Crippen molar-refractivity contribution in [3.8, 4) is 0 Å². The third-order valence-electron chi connectivity index (χ3n) is 3.01. The van der Waals surface area contributed by atoms with E-state index >= 15 is 0 Å². The molecule has 1 aromatic heterocycles. The third-order valence-corrected chi connectivity index (χ3v) is 3.89. The number of carbonyl (C=O) groups excluding carboxylic acids is 1. The van der Waals surface area contributed by atoms with Crippen molar-refractivity contribution in [2.75, 3.05) is 29.1 Å². The van der Waals surface area contributed by atoms with Crippen molar-refractivity contribution in [1.82, 2.24) is 15.2 Å². The van der Waals surface area contributed by atoms with E-state index in [1.807, 2.05) is 24.3 Å². The Labute approximate surface area is 128 Å². The summed E-state index contributed by atoms with van der Waals surface area (Å²) in [4.78, 5) is 18.0. The lowest BCUT2D eigenvalue weighted by molar-refractivity contribution is -0.113. The standard InChI is InChI=1S/C14H19N5OS/c1-3-19(4-2)12-7-5-11(6-8-12)17-13(20)9-21-14-15-10-16-18-14/h5-8,10H,3-4,9H2,1-2H3,(H,17,20)(H,15,16,18). The van der Waals surface area contributed by atoms with Crippen molar-refractivity contribution in [1.29, 1.82) is 0 Å². The summed E-state index contributed by atoms with van der Waals surface area (Å²) in [6.45, 7) is 6.19. The summed E-state index contributed by atoms with van der Waals surface area (Å²) in [5, 5.41) is 9.95. The highest BCUT2D eigenvalue weighted by Crippen LogP contribution is 2.18. The lowest BCUT2D eigenvalue weighted by Gasteiger charge is -2.21. The van der Waals surface area contributed by atoms with E-state index in [9.17, 15) is 4.79 Å². The number of carbonyl (C=O) groups is 1. The van der Waals surface area contributed by atoms with Crippen molar-refractivity contribution >= 4 is 29.0 Å². The number of rotatable bonds is 7. The molecule has 2 aromatic rings. The van der Waals surface area contributed by atoms with Crippen LogP contribution in [0.5, 0.6) is 0 Å². The highest BCUT2D eigenvalue weighted by atomic mass is 32.2. The summed E-state index contributed by atoms with van der Waals surface area (Å²) < 4.78 is 0. The second-order valence-corrected chi connectivity index (χ2v) is 5.31. The van der Waals surface area contributed by atoms with E-state index < -0.39 is 0 Å². The maximum atomic E-state index is 11.8. The second kappa shape index (κ2) is 7.68. The van der Waals surface area contributed by atoms with E-state index in [-0.39, 0.29) is 5.91 Å². The van der Waals surface area contributed by atoms with Crippen LogP contribution in [0.3, 0.4) is 0 Å². The molecule has 21 heavy (non-hydrogen) atoms. The number of nitrogens with zero attached hydrogens (tertiary/aromatic N) is 3. The molecule has 112 valence electrons. The molecule has 0 saturated heterocycles. The maximum Gasteiger partial charge on any atom is 0.234 e. The molecule has 0 aliphatic heterocycles. The predicted octanol–water partition coefficient (Wildman–Crippen LogP) is 2.38. The molecule has 0 saturated carbocycles. The Kier molecular flexibility index (Phi) is 5.62. The minimum atomic E-state index is -0.0630. The zero-order valence-corrected chi connectivity index (χ0v) is 13.0. The van der Waals surface area contributed by atoms with Crippen LogP contribution in [-0.4, -0.2) is 39.9 Å². The number of hydrogen-bond acceptors (Lipinski definition) is 5. The average molecular weight is 305 g/mol. The summed E-state index contributed by atoms with van der Waals surface area (Å²) >= 11 is 1.32. The van der Waals surface area contributed by atoms with Crippen LogP contribution in [0.2, 0.25) is 0 Å². The Morgan fingerprint density at radius 3 is 2.57 bits per heavy atom. The Hall–Kier alpha value is -2.02. The molecule has 7 heteroatoms. The van der Waals surface area contributed by atoms with E-state index in [2.05, 4.69) is 39.2 Å². The quantitative estimate of drug-likeness (QED) is 0.768. The molecule has 0 unspecified atom stereocenters. The van der Waals surface area contributed by atoms with Gasteiger partial charge in [0.25, 0.3) is 0 Å². The van der Waals surface area contributed by atoms with Gasteiger partial charge in [0, 0.05) is 24.5 Å². The Balaban J connectivity index is 1.86. The molecule has 6 nitrogen and oxygen atoms in total. The van der Waals surface area contributed by atoms with Crippen molar-refractivity contribution in [3.63, 3.8) is 0 Å². The molecule has 0 bridgehead atoms. The van der Waals surface area contributed by atoms with E-state index in [4.69, 9.17) is 0 Å². The summed E-state index contributed by atoms with van der Waals surface area (Å²) in [6.07, 6.45) is 1.42. The molecular weight excluding hydrogens is 286 g/mol. The number of aromatic nitrogens is 3. The predicted molar refractivity (Wildman–Crippen MR) is 85.7 cm³/mol. The molecule has 0 radical (unpaired) electrons. The first kappa shape index (κ1) is 15.4. The smallest absolute Gasteiger partial charge is 0.234 e. The lowest BCUT2D eigenvalue weighted by Crippen LogP contribution is -2.21. The fraction of sp³-hybridized carbons (Fsp3) is 0.357. The van der Waals surface area contributed by atoms with Crippen LogP contribution in [-0.2, 0) is 4.79 Å². The summed E-state index contributed by atoms with van der Waals surface area (Å²) in [6, 6.07) is 7.88. The first-order chi connectivity index (χ1) is 10.2. The Morgan fingerprint density at radius 2 is 2.00 bits per heavy atom. The zero-order valence-electron chi connectivity index (χ0n) is 12.2. The molecule has 0 atom stereocenters. The van der Waals surface area contributed by atoms with Gasteiger partial charge in [-0.1, -0.05) is 11.8 Å². The summed E-state index contributed by atoms with van der Waals surface area (Å²) in [5.41, 5.74) is 1.96. The largest absolute Gasteiger partial charge is 0.372 e. The van der Waals surface area contributed by atoms with E-state index in [1.165, 1.54) is 18.1 Å². The van der Waals surface area contributed by atoms with Crippen LogP contribution in [0.15, 0.2) is 35.7 Å². The summed E-state index contributed by atoms with van der Waals surface area (Å²) in [5.74, 6) is 0.236. The first-order valence-electron chi connectivity index (χ1n) is 6.86. The van der Waals surface area contributed by atoms with Crippen LogP contribution in [0.25, 0.3) is 0 Å². The van der Waals surface area contributed by atoms with Gasteiger partial charge in [-0.3, -0.25) is 9.89 Å². The maximum absolute atomic E-state index is 11.8. The van der Waals surface area contributed by atoms with Gasteiger partial charge in [-0.15, -0.1) is 0 Å². The monoisotopic (exact) mass is 305 g/mol. The SMILES string of the molecule is CCN(CC)c1ccc(NC(=O)CSc2ncn[nH]2)cc1. The van der Waals surface area contributed by atoms with Crippen molar-refractivity contribution < 1.29 is 4.79 Å². The highest BCUT2D eigenvalue weighted by Gasteiger charge is 2.06. The second-order valence-electron chi connectivity index (χ2n) is 4.35. The van der Waals surface area contributed by atoms with E-state index in [1.54, 1.807) is 0 Å². The number of hydrogen-bond donors (Lipinski definition) is 2. The average Bonchev–Trinajstić information content (AvgIpc) is 3.01. The van der Waals surface area contributed by atoms with Gasteiger partial charge in [-0.05, 0) is 38.1 Å². The van der Waals surface area contributed by atoms with Gasteiger partial charge in [0.1, 0.15) is 6.33 Å². The molecule has 1 heterocycles. The number of amides is 1. The van der Waals surface area contributed by atoms with Gasteiger partial charge >= 0.3 is 0 Å². The number of H-pyrrole nitrogens is 1. The van der Waals surface area contributed by atoms with Gasteiger partial charge in [-0.2, -0.15) is 5.10 Å². The normalized spacial score (nSPS) is 10.4. The minimum absolute atomic E-state index is 0.0630. The zero-order chi connectivity index (χ0) is 15.1. The number of thioether (sulfide) groups is 1. The Morgan fingerprint density at radius 1 is 1.29 bits per heavy atom. The molecule has 0 aliphatic carbocycles. The van der Waals surface area contributed by atoms with Crippen molar-refractivity contribution in [3.05, 3.63) is 30.6 Å². The highest BCUT2D eigenvalue weighted by molar-refractivity contribution is 7.99. The number of aromatic amines is 1. The van der Waals surface area contributed by atoms with Gasteiger partial charge in [0.05, 0.1) is 5.75 Å². The molecule has 0 fully saturated rings. The molecule has 1 amide bonds. The molecule has 1 aromatic carbocycles. The van der Waals surface area contributed by atoms with Gasteiger partial charge in [0.2, 0.25) is 5.91 Å². The Bertz CT molecular complexity index is 551. The van der Waals surface area contributed by atoms with Crippen LogP contribution in [0.1, 0.15) is 13.8 Å². The van der Waals surface area contributed by atoms with Crippen LogP contribution in [0.4, 0.5) is 11.4 Å². The van der Waals surface area contributed by atoms with Gasteiger partial charge < -0.3 is 10.2 Å².